The molecular weight excluding hydrogens is 232 g/mol. The molecule has 0 bridgehead atoms. The summed E-state index contributed by atoms with van der Waals surface area (Å²) in [7, 11) is 0. The summed E-state index contributed by atoms with van der Waals surface area (Å²) in [5.74, 6) is -1.05. The maximum atomic E-state index is 13.8. The van der Waals surface area contributed by atoms with Gasteiger partial charge in [0.15, 0.2) is 0 Å². The van der Waals surface area contributed by atoms with Crippen LogP contribution >= 0.6 is 0 Å². The number of hydrogen-bond donors (Lipinski definition) is 1. The third-order valence-electron chi connectivity index (χ3n) is 3.11. The molecule has 0 aliphatic heterocycles. The van der Waals surface area contributed by atoms with Crippen molar-refractivity contribution < 1.29 is 8.78 Å². The molecular formula is C15H21F2N. The molecule has 0 radical (unpaired) electrons. The second-order valence-electron chi connectivity index (χ2n) is 4.63. The zero-order valence-corrected chi connectivity index (χ0v) is 10.9. The highest BCUT2D eigenvalue weighted by atomic mass is 19.1. The van der Waals surface area contributed by atoms with Crippen molar-refractivity contribution in [1.82, 2.24) is 0 Å². The summed E-state index contributed by atoms with van der Waals surface area (Å²) in [5.41, 5.74) is 6.35. The van der Waals surface area contributed by atoms with E-state index in [9.17, 15) is 8.78 Å². The van der Waals surface area contributed by atoms with Crippen LogP contribution in [0.2, 0.25) is 0 Å². The van der Waals surface area contributed by atoms with Gasteiger partial charge in [0.2, 0.25) is 0 Å². The molecule has 3 heteroatoms. The fourth-order valence-electron chi connectivity index (χ4n) is 1.99. The van der Waals surface area contributed by atoms with E-state index < -0.39 is 17.7 Å². The highest BCUT2D eigenvalue weighted by Crippen LogP contribution is 2.25. The van der Waals surface area contributed by atoms with Crippen LogP contribution in [0.15, 0.2) is 24.8 Å². The molecule has 100 valence electrons. The maximum absolute atomic E-state index is 13.8. The summed E-state index contributed by atoms with van der Waals surface area (Å²) in [6, 6.07) is 2.16. The minimum Gasteiger partial charge on any atom is -0.324 e. The minimum atomic E-state index is -0.561. The van der Waals surface area contributed by atoms with Crippen LogP contribution in [0.3, 0.4) is 0 Å². The lowest BCUT2D eigenvalue weighted by atomic mass is 9.98. The standard InChI is InChI=1S/C15H21F2N/c1-3-4-5-6-7-8-13(18)14-12(16)10-9-11(2)15(14)17/h3,9-10,13H,1,4-8,18H2,2H3. The predicted octanol–water partition coefficient (Wildman–Crippen LogP) is 4.41. The van der Waals surface area contributed by atoms with E-state index in [0.29, 0.717) is 12.0 Å². The van der Waals surface area contributed by atoms with Gasteiger partial charge in [-0.15, -0.1) is 6.58 Å². The van der Waals surface area contributed by atoms with Gasteiger partial charge >= 0.3 is 0 Å². The Morgan fingerprint density at radius 2 is 2.00 bits per heavy atom. The molecule has 1 aromatic rings. The van der Waals surface area contributed by atoms with Gasteiger partial charge in [-0.3, -0.25) is 0 Å². The summed E-state index contributed by atoms with van der Waals surface area (Å²) in [4.78, 5) is 0. The highest BCUT2D eigenvalue weighted by molar-refractivity contribution is 5.28. The molecule has 1 nitrogen and oxygen atoms in total. The lowest BCUT2D eigenvalue weighted by Crippen LogP contribution is -2.15. The Morgan fingerprint density at radius 1 is 1.28 bits per heavy atom. The smallest absolute Gasteiger partial charge is 0.133 e. The fourth-order valence-corrected chi connectivity index (χ4v) is 1.99. The summed E-state index contributed by atoms with van der Waals surface area (Å²) in [6.07, 6.45) is 6.39. The number of nitrogens with two attached hydrogens (primary N) is 1. The van der Waals surface area contributed by atoms with Crippen molar-refractivity contribution in [2.24, 2.45) is 5.73 Å². The van der Waals surface area contributed by atoms with Crippen molar-refractivity contribution in [2.45, 2.75) is 45.1 Å². The van der Waals surface area contributed by atoms with Crippen molar-refractivity contribution >= 4 is 0 Å². The zero-order chi connectivity index (χ0) is 13.5. The van der Waals surface area contributed by atoms with E-state index in [1.807, 2.05) is 6.08 Å². The van der Waals surface area contributed by atoms with Crippen LogP contribution < -0.4 is 5.73 Å². The minimum absolute atomic E-state index is 0.0266. The lowest BCUT2D eigenvalue weighted by Gasteiger charge is -2.15. The van der Waals surface area contributed by atoms with Gasteiger partial charge in [0.05, 0.1) is 0 Å². The second-order valence-corrected chi connectivity index (χ2v) is 4.63. The van der Waals surface area contributed by atoms with Gasteiger partial charge in [0, 0.05) is 11.6 Å². The summed E-state index contributed by atoms with van der Waals surface area (Å²) in [6.45, 7) is 5.27. The Bertz CT molecular complexity index is 402. The third kappa shape index (κ3) is 3.91. The molecule has 2 N–H and O–H groups in total. The van der Waals surface area contributed by atoms with Gasteiger partial charge in [-0.05, 0) is 37.8 Å². The molecule has 0 fully saturated rings. The molecule has 0 heterocycles. The number of unbranched alkanes of at least 4 members (excludes halogenated alkanes) is 3. The number of benzene rings is 1. The SMILES string of the molecule is C=CCCCCCC(N)c1c(F)ccc(C)c1F. The van der Waals surface area contributed by atoms with E-state index in [4.69, 9.17) is 5.73 Å². The van der Waals surface area contributed by atoms with Crippen molar-refractivity contribution in [3.63, 3.8) is 0 Å². The Hall–Kier alpha value is -1.22. The zero-order valence-electron chi connectivity index (χ0n) is 10.9. The third-order valence-corrected chi connectivity index (χ3v) is 3.11. The van der Waals surface area contributed by atoms with Crippen LogP contribution in [0.4, 0.5) is 8.78 Å². The number of rotatable bonds is 7. The Balaban J connectivity index is 2.58. The van der Waals surface area contributed by atoms with Gasteiger partial charge in [-0.2, -0.15) is 0 Å². The van der Waals surface area contributed by atoms with Crippen molar-refractivity contribution in [3.05, 3.63) is 47.5 Å². The van der Waals surface area contributed by atoms with Gasteiger partial charge in [0.25, 0.3) is 0 Å². The van der Waals surface area contributed by atoms with Crippen molar-refractivity contribution in [3.8, 4) is 0 Å². The largest absolute Gasteiger partial charge is 0.324 e. The first kappa shape index (κ1) is 14.8. The molecule has 1 aromatic carbocycles. The molecule has 0 spiro atoms. The van der Waals surface area contributed by atoms with Gasteiger partial charge < -0.3 is 5.73 Å². The van der Waals surface area contributed by atoms with Gasteiger partial charge in [-0.1, -0.05) is 25.0 Å². The van der Waals surface area contributed by atoms with E-state index in [2.05, 4.69) is 6.58 Å². The van der Waals surface area contributed by atoms with Crippen LogP contribution in [-0.4, -0.2) is 0 Å². The Labute approximate surface area is 108 Å². The number of aryl methyl sites for hydroxylation is 1. The summed E-state index contributed by atoms with van der Waals surface area (Å²) >= 11 is 0. The quantitative estimate of drug-likeness (QED) is 0.565. The molecule has 0 saturated heterocycles. The topological polar surface area (TPSA) is 26.0 Å². The first-order valence-corrected chi connectivity index (χ1v) is 6.39. The first-order chi connectivity index (χ1) is 8.57. The molecule has 0 aromatic heterocycles. The van der Waals surface area contributed by atoms with Crippen LogP contribution in [0, 0.1) is 18.6 Å². The number of halogens is 2. The Morgan fingerprint density at radius 3 is 2.67 bits per heavy atom. The van der Waals surface area contributed by atoms with Gasteiger partial charge in [-0.25, -0.2) is 8.78 Å². The number of hydrogen-bond acceptors (Lipinski definition) is 1. The molecule has 0 aliphatic rings. The number of allylic oxidation sites excluding steroid dienone is 1. The van der Waals surface area contributed by atoms with Crippen molar-refractivity contribution in [1.29, 1.82) is 0 Å². The van der Waals surface area contributed by atoms with Crippen molar-refractivity contribution in [2.75, 3.05) is 0 Å². The highest BCUT2D eigenvalue weighted by Gasteiger charge is 2.17. The predicted molar refractivity (Wildman–Crippen MR) is 71.3 cm³/mol. The average molecular weight is 253 g/mol. The van der Waals surface area contributed by atoms with Crippen LogP contribution in [0.25, 0.3) is 0 Å². The molecule has 0 amide bonds. The van der Waals surface area contributed by atoms with Crippen LogP contribution in [0.5, 0.6) is 0 Å². The fraction of sp³-hybridized carbons (Fsp3) is 0.467. The van der Waals surface area contributed by atoms with E-state index >= 15 is 0 Å². The molecule has 0 saturated carbocycles. The second kappa shape index (κ2) is 7.27. The van der Waals surface area contributed by atoms with E-state index in [1.165, 1.54) is 12.1 Å². The summed E-state index contributed by atoms with van der Waals surface area (Å²) < 4.78 is 27.4. The van der Waals surface area contributed by atoms with Crippen LogP contribution in [-0.2, 0) is 0 Å². The summed E-state index contributed by atoms with van der Waals surface area (Å²) in [5, 5.41) is 0. The molecule has 0 aliphatic carbocycles. The monoisotopic (exact) mass is 253 g/mol. The molecule has 18 heavy (non-hydrogen) atoms. The van der Waals surface area contributed by atoms with E-state index in [-0.39, 0.29) is 5.56 Å². The average Bonchev–Trinajstić information content (AvgIpc) is 2.34. The molecule has 1 atom stereocenters. The maximum Gasteiger partial charge on any atom is 0.133 e. The molecule has 1 unspecified atom stereocenters. The van der Waals surface area contributed by atoms with E-state index in [0.717, 1.165) is 25.7 Å². The van der Waals surface area contributed by atoms with E-state index in [1.54, 1.807) is 6.92 Å². The first-order valence-electron chi connectivity index (χ1n) is 6.39. The normalized spacial score (nSPS) is 12.4. The Kier molecular flexibility index (Phi) is 5.99. The lowest BCUT2D eigenvalue weighted by molar-refractivity contribution is 0.493. The van der Waals surface area contributed by atoms with Crippen LogP contribution in [0.1, 0.15) is 49.3 Å². The van der Waals surface area contributed by atoms with Gasteiger partial charge in [0.1, 0.15) is 11.6 Å². The molecule has 1 rings (SSSR count).